The van der Waals surface area contributed by atoms with Crippen LogP contribution in [0.15, 0.2) is 42.6 Å². The van der Waals surface area contributed by atoms with Gasteiger partial charge in [0, 0.05) is 49.4 Å². The van der Waals surface area contributed by atoms with Crippen LogP contribution in [0.4, 0.5) is 17.1 Å². The van der Waals surface area contributed by atoms with Crippen LogP contribution < -0.4 is 15.1 Å². The van der Waals surface area contributed by atoms with E-state index in [0.29, 0.717) is 5.69 Å². The normalized spacial score (nSPS) is 17.4. The molecule has 5 nitrogen and oxygen atoms in total. The van der Waals surface area contributed by atoms with Gasteiger partial charge in [-0.2, -0.15) is 0 Å². The Morgan fingerprint density at radius 1 is 0.808 bits per heavy atom. The number of amides is 1. The van der Waals surface area contributed by atoms with E-state index in [1.165, 1.54) is 37.8 Å². The summed E-state index contributed by atoms with van der Waals surface area (Å²) in [6.07, 6.45) is 7.98. The lowest BCUT2D eigenvalue weighted by Gasteiger charge is -2.28. The van der Waals surface area contributed by atoms with Crippen molar-refractivity contribution < 1.29 is 4.79 Å². The first-order chi connectivity index (χ1) is 12.8. The first-order valence-electron chi connectivity index (χ1n) is 9.67. The summed E-state index contributed by atoms with van der Waals surface area (Å²) >= 11 is 0. The summed E-state index contributed by atoms with van der Waals surface area (Å²) in [5, 5.41) is 2.97. The average Bonchev–Trinajstić information content (AvgIpc) is 3.24. The number of pyridine rings is 1. The van der Waals surface area contributed by atoms with E-state index in [0.717, 1.165) is 37.6 Å². The summed E-state index contributed by atoms with van der Waals surface area (Å²) in [6.45, 7) is 4.36. The highest BCUT2D eigenvalue weighted by atomic mass is 16.1. The number of carbonyl (C=O) groups is 1. The van der Waals surface area contributed by atoms with E-state index in [-0.39, 0.29) is 5.91 Å². The summed E-state index contributed by atoms with van der Waals surface area (Å²) in [5.41, 5.74) is 3.60. The van der Waals surface area contributed by atoms with Crippen LogP contribution in [0.25, 0.3) is 0 Å². The van der Waals surface area contributed by atoms with Gasteiger partial charge in [0.1, 0.15) is 5.69 Å². The molecule has 2 aromatic rings. The summed E-state index contributed by atoms with van der Waals surface area (Å²) < 4.78 is 0. The number of nitrogens with one attached hydrogen (secondary N) is 1. The van der Waals surface area contributed by atoms with E-state index in [9.17, 15) is 4.79 Å². The smallest absolute Gasteiger partial charge is 0.274 e. The lowest BCUT2D eigenvalue weighted by molar-refractivity contribution is 0.102. The van der Waals surface area contributed by atoms with Crippen LogP contribution in [0.2, 0.25) is 0 Å². The number of hydrogen-bond acceptors (Lipinski definition) is 4. The van der Waals surface area contributed by atoms with Crippen molar-refractivity contribution in [3.05, 3.63) is 48.3 Å². The Morgan fingerprint density at radius 2 is 1.42 bits per heavy atom. The largest absolute Gasteiger partial charge is 0.372 e. The van der Waals surface area contributed by atoms with Crippen LogP contribution in [-0.4, -0.2) is 37.1 Å². The molecule has 1 aromatic carbocycles. The molecule has 26 heavy (non-hydrogen) atoms. The predicted octanol–water partition coefficient (Wildman–Crippen LogP) is 3.92. The Hall–Kier alpha value is -2.56. The monoisotopic (exact) mass is 350 g/mol. The second-order valence-corrected chi connectivity index (χ2v) is 7.14. The van der Waals surface area contributed by atoms with Gasteiger partial charge in [-0.25, -0.2) is 0 Å². The molecule has 1 aromatic heterocycles. The molecule has 1 amide bonds. The van der Waals surface area contributed by atoms with Gasteiger partial charge in [0.2, 0.25) is 0 Å². The van der Waals surface area contributed by atoms with Crippen molar-refractivity contribution in [2.24, 2.45) is 0 Å². The van der Waals surface area contributed by atoms with Gasteiger partial charge < -0.3 is 15.1 Å². The molecular weight excluding hydrogens is 324 g/mol. The first-order valence-corrected chi connectivity index (χ1v) is 9.67. The number of carbonyl (C=O) groups excluding carboxylic acids is 1. The lowest BCUT2D eigenvalue weighted by atomic mass is 10.1. The van der Waals surface area contributed by atoms with Gasteiger partial charge in [-0.3, -0.25) is 9.78 Å². The minimum absolute atomic E-state index is 0.155. The molecule has 0 saturated carbocycles. The molecule has 1 N–H and O–H groups in total. The van der Waals surface area contributed by atoms with E-state index >= 15 is 0 Å². The Bertz CT molecular complexity index is 747. The molecule has 0 spiro atoms. The van der Waals surface area contributed by atoms with Gasteiger partial charge in [0.25, 0.3) is 5.91 Å². The number of rotatable bonds is 4. The van der Waals surface area contributed by atoms with E-state index in [2.05, 4.69) is 32.2 Å². The van der Waals surface area contributed by atoms with Gasteiger partial charge in [-0.15, -0.1) is 0 Å². The number of anilines is 3. The number of nitrogens with zero attached hydrogens (tertiary/aromatic N) is 3. The van der Waals surface area contributed by atoms with Crippen molar-refractivity contribution in [1.29, 1.82) is 0 Å². The zero-order valence-electron chi connectivity index (χ0n) is 15.2. The van der Waals surface area contributed by atoms with Crippen molar-refractivity contribution in [1.82, 2.24) is 4.98 Å². The van der Waals surface area contributed by atoms with Gasteiger partial charge in [-0.05, 0) is 68.5 Å². The quantitative estimate of drug-likeness (QED) is 0.908. The average molecular weight is 350 g/mol. The summed E-state index contributed by atoms with van der Waals surface area (Å²) in [6, 6.07) is 12.0. The fourth-order valence-electron chi connectivity index (χ4n) is 3.82. The van der Waals surface area contributed by atoms with Crippen LogP contribution >= 0.6 is 0 Å². The van der Waals surface area contributed by atoms with E-state index in [1.54, 1.807) is 6.20 Å². The van der Waals surface area contributed by atoms with Crippen LogP contribution in [0.1, 0.15) is 42.6 Å². The zero-order chi connectivity index (χ0) is 17.8. The molecule has 0 bridgehead atoms. The third-order valence-electron chi connectivity index (χ3n) is 5.29. The van der Waals surface area contributed by atoms with Gasteiger partial charge in [0.15, 0.2) is 0 Å². The molecule has 136 valence electrons. The molecule has 2 aliphatic rings. The topological polar surface area (TPSA) is 48.5 Å². The lowest BCUT2D eigenvalue weighted by Crippen LogP contribution is -2.29. The van der Waals surface area contributed by atoms with Crippen molar-refractivity contribution in [2.75, 3.05) is 41.3 Å². The summed E-state index contributed by atoms with van der Waals surface area (Å²) in [5.74, 6) is -0.155. The number of aromatic nitrogens is 1. The van der Waals surface area contributed by atoms with Crippen molar-refractivity contribution in [2.45, 2.75) is 32.1 Å². The van der Waals surface area contributed by atoms with Crippen molar-refractivity contribution in [3.8, 4) is 0 Å². The second kappa shape index (κ2) is 7.77. The van der Waals surface area contributed by atoms with Crippen LogP contribution in [0.5, 0.6) is 0 Å². The van der Waals surface area contributed by atoms with Gasteiger partial charge >= 0.3 is 0 Å². The second-order valence-electron chi connectivity index (χ2n) is 7.14. The minimum atomic E-state index is -0.155. The van der Waals surface area contributed by atoms with Crippen molar-refractivity contribution >= 4 is 23.0 Å². The molecule has 0 aliphatic carbocycles. The molecule has 2 fully saturated rings. The molecule has 5 heteroatoms. The van der Waals surface area contributed by atoms with Crippen LogP contribution in [0.3, 0.4) is 0 Å². The standard InChI is InChI=1S/C21H26N4O/c26-21(20-16-19(10-11-22-20)25-12-2-1-3-13-25)23-17-6-8-18(9-7-17)24-14-4-5-15-24/h6-11,16H,1-5,12-15H2,(H,23,26). The Morgan fingerprint density at radius 3 is 2.12 bits per heavy atom. The van der Waals surface area contributed by atoms with Crippen molar-refractivity contribution in [3.63, 3.8) is 0 Å². The van der Waals surface area contributed by atoms with E-state index in [1.807, 2.05) is 24.3 Å². The SMILES string of the molecule is O=C(Nc1ccc(N2CCCC2)cc1)c1cc(N2CCCCC2)ccn1. The van der Waals surface area contributed by atoms with Crippen LogP contribution in [-0.2, 0) is 0 Å². The molecule has 4 rings (SSSR count). The molecule has 0 atom stereocenters. The fraction of sp³-hybridized carbons (Fsp3) is 0.429. The van der Waals surface area contributed by atoms with E-state index < -0.39 is 0 Å². The molecule has 3 heterocycles. The third-order valence-corrected chi connectivity index (χ3v) is 5.29. The maximum absolute atomic E-state index is 12.6. The van der Waals surface area contributed by atoms with E-state index in [4.69, 9.17) is 0 Å². The fourth-order valence-corrected chi connectivity index (χ4v) is 3.82. The highest BCUT2D eigenvalue weighted by Gasteiger charge is 2.15. The van der Waals surface area contributed by atoms with Gasteiger partial charge in [-0.1, -0.05) is 0 Å². The molecule has 2 aliphatic heterocycles. The highest BCUT2D eigenvalue weighted by molar-refractivity contribution is 6.03. The number of piperidine rings is 1. The number of hydrogen-bond donors (Lipinski definition) is 1. The Kier molecular flexibility index (Phi) is 5.04. The summed E-state index contributed by atoms with van der Waals surface area (Å²) in [4.78, 5) is 21.6. The maximum Gasteiger partial charge on any atom is 0.274 e. The predicted molar refractivity (Wildman–Crippen MR) is 106 cm³/mol. The molecule has 0 radical (unpaired) electrons. The molecule has 0 unspecified atom stereocenters. The Labute approximate surface area is 155 Å². The van der Waals surface area contributed by atoms with Gasteiger partial charge in [0.05, 0.1) is 0 Å². The molecule has 2 saturated heterocycles. The first kappa shape index (κ1) is 16.9. The summed E-state index contributed by atoms with van der Waals surface area (Å²) in [7, 11) is 0. The van der Waals surface area contributed by atoms with Crippen LogP contribution in [0, 0.1) is 0 Å². The Balaban J connectivity index is 1.42. The zero-order valence-corrected chi connectivity index (χ0v) is 15.2. The highest BCUT2D eigenvalue weighted by Crippen LogP contribution is 2.23. The minimum Gasteiger partial charge on any atom is -0.372 e. The third kappa shape index (κ3) is 3.82. The maximum atomic E-state index is 12.6. The molecular formula is C21H26N4O. The number of benzene rings is 1.